The Balaban J connectivity index is 1.43. The zero-order chi connectivity index (χ0) is 17.2. The van der Waals surface area contributed by atoms with Crippen LogP contribution in [0.1, 0.15) is 17.6 Å². The largest absolute Gasteiger partial charge is 0.354 e. The lowest BCUT2D eigenvalue weighted by atomic mass is 10.1. The normalized spacial score (nSPS) is 15.8. The molecule has 0 saturated carbocycles. The van der Waals surface area contributed by atoms with Crippen LogP contribution in [0.15, 0.2) is 35.7 Å². The summed E-state index contributed by atoms with van der Waals surface area (Å²) < 4.78 is 0. The molecule has 0 radical (unpaired) electrons. The van der Waals surface area contributed by atoms with Crippen LogP contribution in [-0.4, -0.2) is 41.0 Å². The second-order valence-corrected chi connectivity index (χ2v) is 7.64. The lowest BCUT2D eigenvalue weighted by molar-refractivity contribution is 0.247. The Labute approximate surface area is 157 Å². The quantitative estimate of drug-likeness (QED) is 0.641. The summed E-state index contributed by atoms with van der Waals surface area (Å²) in [7, 11) is 0. The van der Waals surface area contributed by atoms with E-state index >= 15 is 0 Å². The number of nitrogens with zero attached hydrogens (tertiary/aromatic N) is 4. The maximum atomic E-state index is 6.38. The fraction of sp³-hybridized carbons (Fsp3) is 0.368. The Morgan fingerprint density at radius 2 is 1.92 bits per heavy atom. The third-order valence-electron chi connectivity index (χ3n) is 4.66. The van der Waals surface area contributed by atoms with E-state index in [0.717, 1.165) is 55.7 Å². The lowest BCUT2D eigenvalue weighted by Gasteiger charge is -2.35. The molecule has 1 fully saturated rings. The summed E-state index contributed by atoms with van der Waals surface area (Å²) in [6, 6.07) is 10.3. The van der Waals surface area contributed by atoms with E-state index in [0.29, 0.717) is 5.15 Å². The molecule has 0 aliphatic carbocycles. The second kappa shape index (κ2) is 7.28. The maximum absolute atomic E-state index is 6.38. The first kappa shape index (κ1) is 16.8. The van der Waals surface area contributed by atoms with E-state index in [-0.39, 0.29) is 0 Å². The Hall–Kier alpha value is -1.69. The van der Waals surface area contributed by atoms with Crippen LogP contribution in [0.5, 0.6) is 0 Å². The molecule has 25 heavy (non-hydrogen) atoms. The fourth-order valence-electron chi connectivity index (χ4n) is 3.25. The van der Waals surface area contributed by atoms with Gasteiger partial charge in [-0.25, -0.2) is 9.97 Å². The van der Waals surface area contributed by atoms with Gasteiger partial charge in [-0.3, -0.25) is 4.90 Å². The molecule has 3 aromatic rings. The van der Waals surface area contributed by atoms with Crippen LogP contribution >= 0.6 is 22.9 Å². The number of fused-ring (bicyclic) bond motifs is 1. The smallest absolute Gasteiger partial charge is 0.139 e. The van der Waals surface area contributed by atoms with Crippen molar-refractivity contribution in [2.24, 2.45) is 0 Å². The van der Waals surface area contributed by atoms with Crippen LogP contribution < -0.4 is 4.90 Å². The SMILES string of the molecule is CCc1nc(CN2CCN(c3cc4ccccc4c(Cl)n3)CC2)cs1. The average molecular weight is 373 g/mol. The van der Waals surface area contributed by atoms with Gasteiger partial charge in [-0.2, -0.15) is 0 Å². The number of hydrogen-bond acceptors (Lipinski definition) is 5. The Bertz CT molecular complexity index is 871. The van der Waals surface area contributed by atoms with Gasteiger partial charge in [-0.15, -0.1) is 11.3 Å². The van der Waals surface area contributed by atoms with Gasteiger partial charge in [-0.05, 0) is 17.9 Å². The van der Waals surface area contributed by atoms with Crippen molar-refractivity contribution in [3.63, 3.8) is 0 Å². The van der Waals surface area contributed by atoms with Crippen molar-refractivity contribution in [3.8, 4) is 0 Å². The molecule has 0 bridgehead atoms. The zero-order valence-electron chi connectivity index (χ0n) is 14.3. The van der Waals surface area contributed by atoms with Crippen LogP contribution in [0.25, 0.3) is 10.8 Å². The number of aromatic nitrogens is 2. The third kappa shape index (κ3) is 3.64. The highest BCUT2D eigenvalue weighted by atomic mass is 35.5. The van der Waals surface area contributed by atoms with E-state index in [1.807, 2.05) is 18.2 Å². The van der Waals surface area contributed by atoms with Crippen LogP contribution in [0, 0.1) is 0 Å². The maximum Gasteiger partial charge on any atom is 0.139 e. The number of benzene rings is 1. The summed E-state index contributed by atoms with van der Waals surface area (Å²) in [4.78, 5) is 14.1. The van der Waals surface area contributed by atoms with E-state index in [1.165, 1.54) is 10.7 Å². The van der Waals surface area contributed by atoms with Gasteiger partial charge in [0.15, 0.2) is 0 Å². The molecule has 6 heteroatoms. The van der Waals surface area contributed by atoms with Crippen molar-refractivity contribution in [2.75, 3.05) is 31.1 Å². The summed E-state index contributed by atoms with van der Waals surface area (Å²) in [5.41, 5.74) is 1.20. The molecule has 0 amide bonds. The van der Waals surface area contributed by atoms with Crippen LogP contribution in [-0.2, 0) is 13.0 Å². The number of hydrogen-bond donors (Lipinski definition) is 0. The van der Waals surface area contributed by atoms with Crippen LogP contribution in [0.4, 0.5) is 5.82 Å². The lowest BCUT2D eigenvalue weighted by Crippen LogP contribution is -2.46. The Kier molecular flexibility index (Phi) is 4.88. The molecule has 0 atom stereocenters. The molecule has 4 rings (SSSR count). The number of halogens is 1. The third-order valence-corrected chi connectivity index (χ3v) is 5.99. The highest BCUT2D eigenvalue weighted by Crippen LogP contribution is 2.27. The van der Waals surface area contributed by atoms with Crippen molar-refractivity contribution >= 4 is 39.5 Å². The average Bonchev–Trinajstić information content (AvgIpc) is 3.10. The monoisotopic (exact) mass is 372 g/mol. The topological polar surface area (TPSA) is 32.3 Å². The minimum absolute atomic E-state index is 0.588. The molecule has 0 unspecified atom stereocenters. The summed E-state index contributed by atoms with van der Waals surface area (Å²) in [6.07, 6.45) is 1.02. The number of anilines is 1. The summed E-state index contributed by atoms with van der Waals surface area (Å²) in [5, 5.41) is 6.17. The Morgan fingerprint density at radius 3 is 2.68 bits per heavy atom. The first-order valence-corrected chi connectivity index (χ1v) is 9.94. The van der Waals surface area contributed by atoms with Gasteiger partial charge >= 0.3 is 0 Å². The number of aryl methyl sites for hydroxylation is 1. The molecule has 0 spiro atoms. The molecule has 1 aliphatic heterocycles. The van der Waals surface area contributed by atoms with Gasteiger partial charge in [0, 0.05) is 43.5 Å². The molecule has 3 heterocycles. The van der Waals surface area contributed by atoms with Gasteiger partial charge in [0.05, 0.1) is 10.7 Å². The molecular formula is C19H21ClN4S. The first-order valence-electron chi connectivity index (χ1n) is 8.69. The van der Waals surface area contributed by atoms with Crippen molar-refractivity contribution in [1.29, 1.82) is 0 Å². The van der Waals surface area contributed by atoms with Crippen molar-refractivity contribution in [2.45, 2.75) is 19.9 Å². The first-order chi connectivity index (χ1) is 12.2. The molecule has 4 nitrogen and oxygen atoms in total. The van der Waals surface area contributed by atoms with Gasteiger partial charge in [0.2, 0.25) is 0 Å². The highest BCUT2D eigenvalue weighted by Gasteiger charge is 2.19. The summed E-state index contributed by atoms with van der Waals surface area (Å²) in [5.74, 6) is 0.977. The minimum Gasteiger partial charge on any atom is -0.354 e. The van der Waals surface area contributed by atoms with Gasteiger partial charge in [-0.1, -0.05) is 42.8 Å². The Morgan fingerprint density at radius 1 is 1.12 bits per heavy atom. The second-order valence-electron chi connectivity index (χ2n) is 6.34. The summed E-state index contributed by atoms with van der Waals surface area (Å²) >= 11 is 8.14. The number of pyridine rings is 1. The number of thiazole rings is 1. The number of rotatable bonds is 4. The van der Waals surface area contributed by atoms with E-state index < -0.39 is 0 Å². The van der Waals surface area contributed by atoms with E-state index in [9.17, 15) is 0 Å². The van der Waals surface area contributed by atoms with E-state index in [4.69, 9.17) is 11.6 Å². The van der Waals surface area contributed by atoms with Crippen molar-refractivity contribution < 1.29 is 0 Å². The van der Waals surface area contributed by atoms with Gasteiger partial charge in [0.1, 0.15) is 11.0 Å². The molecule has 1 aliphatic rings. The molecular weight excluding hydrogens is 352 g/mol. The fourth-order valence-corrected chi connectivity index (χ4v) is 4.25. The van der Waals surface area contributed by atoms with Crippen LogP contribution in [0.3, 0.4) is 0 Å². The minimum atomic E-state index is 0.588. The van der Waals surface area contributed by atoms with Crippen molar-refractivity contribution in [3.05, 3.63) is 51.6 Å². The molecule has 130 valence electrons. The van der Waals surface area contributed by atoms with E-state index in [2.05, 4.69) is 44.2 Å². The molecule has 1 aromatic carbocycles. The standard InChI is InChI=1S/C19H21ClN4S/c1-2-18-21-15(13-25-18)12-23-7-9-24(10-8-23)17-11-14-5-3-4-6-16(14)19(20)22-17/h3-6,11,13H,2,7-10,12H2,1H3. The zero-order valence-corrected chi connectivity index (χ0v) is 15.9. The predicted octanol–water partition coefficient (Wildman–Crippen LogP) is 4.23. The van der Waals surface area contributed by atoms with Gasteiger partial charge in [0.25, 0.3) is 0 Å². The molecule has 2 aromatic heterocycles. The van der Waals surface area contributed by atoms with Gasteiger partial charge < -0.3 is 4.90 Å². The highest BCUT2D eigenvalue weighted by molar-refractivity contribution is 7.09. The molecule has 1 saturated heterocycles. The van der Waals surface area contributed by atoms with Crippen LogP contribution in [0.2, 0.25) is 5.15 Å². The number of piperazine rings is 1. The molecule has 0 N–H and O–H groups in total. The van der Waals surface area contributed by atoms with Crippen molar-refractivity contribution in [1.82, 2.24) is 14.9 Å². The van der Waals surface area contributed by atoms with E-state index in [1.54, 1.807) is 11.3 Å². The summed E-state index contributed by atoms with van der Waals surface area (Å²) in [6.45, 7) is 7.06. The predicted molar refractivity (Wildman–Crippen MR) is 106 cm³/mol.